The summed E-state index contributed by atoms with van der Waals surface area (Å²) in [6, 6.07) is 2.48. The van der Waals surface area contributed by atoms with Crippen LogP contribution in [0.15, 0.2) is 16.9 Å². The highest BCUT2D eigenvalue weighted by Gasteiger charge is 2.33. The smallest absolute Gasteiger partial charge is 0.407 e. The molecule has 1 saturated carbocycles. The number of halogens is 1. The lowest BCUT2D eigenvalue weighted by Crippen LogP contribution is -2.42. The van der Waals surface area contributed by atoms with Crippen LogP contribution in [0.25, 0.3) is 10.9 Å². The number of carbonyl (C=O) groups excluding carboxylic acids is 1. The van der Waals surface area contributed by atoms with Gasteiger partial charge in [-0.25, -0.2) is 9.18 Å². The van der Waals surface area contributed by atoms with Crippen molar-refractivity contribution in [1.29, 1.82) is 0 Å². The fourth-order valence-corrected chi connectivity index (χ4v) is 4.73. The Morgan fingerprint density at radius 3 is 2.59 bits per heavy atom. The van der Waals surface area contributed by atoms with E-state index >= 15 is 4.39 Å². The third kappa shape index (κ3) is 4.27. The number of amides is 1. The molecule has 2 aliphatic rings. The van der Waals surface area contributed by atoms with Gasteiger partial charge in [0.15, 0.2) is 0 Å². The van der Waals surface area contributed by atoms with E-state index in [1.54, 1.807) is 4.57 Å². The molecule has 1 aliphatic carbocycles. The predicted molar refractivity (Wildman–Crippen MR) is 122 cm³/mol. The van der Waals surface area contributed by atoms with Crippen LogP contribution in [0.4, 0.5) is 14.9 Å². The van der Waals surface area contributed by atoms with Crippen LogP contribution in [0.5, 0.6) is 5.75 Å². The molecule has 7 nitrogen and oxygen atoms in total. The summed E-state index contributed by atoms with van der Waals surface area (Å²) in [5.74, 6) is -0.476. The summed E-state index contributed by atoms with van der Waals surface area (Å²) in [6.45, 7) is 10.4. The van der Waals surface area contributed by atoms with E-state index < -0.39 is 17.5 Å². The second-order valence-corrected chi connectivity index (χ2v) is 10.1. The number of aromatic hydroxyl groups is 1. The molecule has 2 N–H and O–H groups in total. The molecule has 32 heavy (non-hydrogen) atoms. The van der Waals surface area contributed by atoms with Gasteiger partial charge < -0.3 is 24.6 Å². The van der Waals surface area contributed by atoms with Gasteiger partial charge in [-0.2, -0.15) is 0 Å². The lowest BCUT2D eigenvalue weighted by molar-refractivity contribution is 0.0494. The van der Waals surface area contributed by atoms with Gasteiger partial charge in [0.2, 0.25) is 0 Å². The number of hydrogen-bond acceptors (Lipinski definition) is 5. The Hall–Kier alpha value is -2.77. The molecule has 1 aromatic carbocycles. The molecule has 2 fully saturated rings. The third-order valence-electron chi connectivity index (χ3n) is 6.38. The second kappa shape index (κ2) is 7.98. The minimum atomic E-state index is -0.570. The quantitative estimate of drug-likeness (QED) is 0.736. The number of anilines is 1. The normalized spacial score (nSPS) is 19.9. The molecule has 4 rings (SSSR count). The molecule has 8 heteroatoms. The molecule has 174 valence electrons. The molecule has 2 atom stereocenters. The van der Waals surface area contributed by atoms with E-state index in [9.17, 15) is 14.7 Å². The third-order valence-corrected chi connectivity index (χ3v) is 6.38. The maximum Gasteiger partial charge on any atom is 0.407 e. The summed E-state index contributed by atoms with van der Waals surface area (Å²) < 4.78 is 22.3. The zero-order valence-corrected chi connectivity index (χ0v) is 19.4. The number of alkyl carbamates (subject to hydrolysis) is 1. The fraction of sp³-hybridized carbons (Fsp3) is 0.583. The van der Waals surface area contributed by atoms with Crippen molar-refractivity contribution in [2.24, 2.45) is 5.92 Å². The highest BCUT2D eigenvalue weighted by Crippen LogP contribution is 2.42. The van der Waals surface area contributed by atoms with Gasteiger partial charge in [-0.1, -0.05) is 0 Å². The highest BCUT2D eigenvalue weighted by atomic mass is 19.1. The Balaban J connectivity index is 1.61. The first kappa shape index (κ1) is 22.4. The van der Waals surface area contributed by atoms with Gasteiger partial charge in [-0.3, -0.25) is 4.79 Å². The summed E-state index contributed by atoms with van der Waals surface area (Å²) in [6.07, 6.45) is 2.15. The van der Waals surface area contributed by atoms with Gasteiger partial charge in [0, 0.05) is 36.6 Å². The second-order valence-electron chi connectivity index (χ2n) is 10.1. The van der Waals surface area contributed by atoms with Gasteiger partial charge in [0.1, 0.15) is 17.2 Å². The SMILES string of the molecule is Cc1c(N2CCC([C@H](C)NC(=O)OC(C)(C)C)C2)c(F)cc2c(O)cc(=O)n(C3CC3)c12. The van der Waals surface area contributed by atoms with Crippen molar-refractivity contribution in [2.75, 3.05) is 18.0 Å². The summed E-state index contributed by atoms with van der Waals surface area (Å²) in [7, 11) is 0. The van der Waals surface area contributed by atoms with Crippen LogP contribution in [-0.4, -0.2) is 40.5 Å². The van der Waals surface area contributed by atoms with Crippen molar-refractivity contribution in [3.05, 3.63) is 33.9 Å². The van der Waals surface area contributed by atoms with Crippen LogP contribution in [0.1, 0.15) is 58.6 Å². The largest absolute Gasteiger partial charge is 0.507 e. The molecular weight excluding hydrogens is 413 g/mol. The Morgan fingerprint density at radius 1 is 1.28 bits per heavy atom. The maximum atomic E-state index is 15.3. The maximum absolute atomic E-state index is 15.3. The van der Waals surface area contributed by atoms with E-state index in [1.165, 1.54) is 12.1 Å². The molecule has 1 amide bonds. The molecule has 0 spiro atoms. The number of nitrogens with one attached hydrogen (secondary N) is 1. The number of pyridine rings is 1. The van der Waals surface area contributed by atoms with Crippen LogP contribution in [0.3, 0.4) is 0 Å². The Kier molecular flexibility index (Phi) is 5.59. The first-order chi connectivity index (χ1) is 15.0. The number of carbonyl (C=O) groups is 1. The van der Waals surface area contributed by atoms with Crippen molar-refractivity contribution in [1.82, 2.24) is 9.88 Å². The number of rotatable bonds is 4. The summed E-state index contributed by atoms with van der Waals surface area (Å²) in [5.41, 5.74) is 0.904. The van der Waals surface area contributed by atoms with Gasteiger partial charge in [0.05, 0.1) is 11.2 Å². The highest BCUT2D eigenvalue weighted by molar-refractivity contribution is 5.92. The van der Waals surface area contributed by atoms with Crippen LogP contribution in [0.2, 0.25) is 0 Å². The first-order valence-corrected chi connectivity index (χ1v) is 11.3. The average Bonchev–Trinajstić information content (AvgIpc) is 3.37. The monoisotopic (exact) mass is 445 g/mol. The Morgan fingerprint density at radius 2 is 1.97 bits per heavy atom. The Bertz CT molecular complexity index is 1120. The van der Waals surface area contributed by atoms with Gasteiger partial charge >= 0.3 is 6.09 Å². The lowest BCUT2D eigenvalue weighted by Gasteiger charge is -2.26. The fourth-order valence-electron chi connectivity index (χ4n) is 4.73. The van der Waals surface area contributed by atoms with E-state index in [4.69, 9.17) is 4.74 Å². The van der Waals surface area contributed by atoms with E-state index in [1.807, 2.05) is 39.5 Å². The molecule has 0 radical (unpaired) electrons. The molecule has 1 unspecified atom stereocenters. The van der Waals surface area contributed by atoms with Crippen LogP contribution in [0, 0.1) is 18.7 Å². The number of fused-ring (bicyclic) bond motifs is 1. The van der Waals surface area contributed by atoms with Crippen molar-refractivity contribution in [3.63, 3.8) is 0 Å². The Labute approximate surface area is 187 Å². The van der Waals surface area contributed by atoms with Crippen molar-refractivity contribution >= 4 is 22.7 Å². The molecule has 1 aromatic heterocycles. The van der Waals surface area contributed by atoms with Gasteiger partial charge in [-0.15, -0.1) is 0 Å². The van der Waals surface area contributed by atoms with Crippen molar-refractivity contribution < 1.29 is 19.0 Å². The summed E-state index contributed by atoms with van der Waals surface area (Å²) in [4.78, 5) is 26.7. The minimum Gasteiger partial charge on any atom is -0.507 e. The summed E-state index contributed by atoms with van der Waals surface area (Å²) >= 11 is 0. The van der Waals surface area contributed by atoms with Crippen LogP contribution < -0.4 is 15.8 Å². The average molecular weight is 446 g/mol. The van der Waals surface area contributed by atoms with Crippen molar-refractivity contribution in [3.8, 4) is 5.75 Å². The topological polar surface area (TPSA) is 83.8 Å². The number of aryl methyl sites for hydroxylation is 1. The molecular formula is C24H32FN3O4. The zero-order chi connectivity index (χ0) is 23.4. The molecule has 0 bridgehead atoms. The van der Waals surface area contributed by atoms with Gasteiger partial charge in [-0.05, 0) is 71.4 Å². The van der Waals surface area contributed by atoms with Crippen LogP contribution >= 0.6 is 0 Å². The van der Waals surface area contributed by atoms with Crippen LogP contribution in [-0.2, 0) is 4.74 Å². The minimum absolute atomic E-state index is 0.104. The van der Waals surface area contributed by atoms with Gasteiger partial charge in [0.25, 0.3) is 5.56 Å². The van der Waals surface area contributed by atoms with Crippen molar-refractivity contribution in [2.45, 2.75) is 71.6 Å². The van der Waals surface area contributed by atoms with E-state index in [-0.39, 0.29) is 29.3 Å². The number of hydrogen-bond donors (Lipinski definition) is 2. The number of benzene rings is 1. The lowest BCUT2D eigenvalue weighted by atomic mass is 10.0. The molecule has 1 saturated heterocycles. The summed E-state index contributed by atoms with van der Waals surface area (Å²) in [5, 5.41) is 13.6. The van der Waals surface area contributed by atoms with E-state index in [0.717, 1.165) is 19.3 Å². The molecule has 1 aliphatic heterocycles. The van der Waals surface area contributed by atoms with E-state index in [2.05, 4.69) is 5.32 Å². The zero-order valence-electron chi connectivity index (χ0n) is 19.4. The number of ether oxygens (including phenoxy) is 1. The molecule has 2 heterocycles. The number of nitrogens with zero attached hydrogens (tertiary/aromatic N) is 2. The van der Waals surface area contributed by atoms with E-state index in [0.29, 0.717) is 35.2 Å². The standard InChI is InChI=1S/C24H32FN3O4/c1-13-21-17(19(29)11-20(30)28(21)16-6-7-16)10-18(25)22(13)27-9-8-15(12-27)14(2)26-23(31)32-24(3,4)5/h10-11,14-16,29H,6-9,12H2,1-5H3,(H,26,31)/t14-,15?/m0/s1. The molecule has 2 aromatic rings. The number of aromatic nitrogens is 1. The predicted octanol–water partition coefficient (Wildman–Crippen LogP) is 4.23. The first-order valence-electron chi connectivity index (χ1n) is 11.3.